The van der Waals surface area contributed by atoms with Gasteiger partial charge in [-0.2, -0.15) is 0 Å². The molecule has 3 N–H and O–H groups in total. The SMILES string of the molecule is O=C(Nc1ccc(NC(=O)C2CCCCN2)cc1)C1CC1. The second-order valence-electron chi connectivity index (χ2n) is 5.83. The fraction of sp³-hybridized carbons (Fsp3) is 0.500. The maximum Gasteiger partial charge on any atom is 0.241 e. The van der Waals surface area contributed by atoms with Gasteiger partial charge in [-0.1, -0.05) is 6.42 Å². The van der Waals surface area contributed by atoms with Gasteiger partial charge in [0.15, 0.2) is 0 Å². The minimum absolute atomic E-state index is 0.0180. The van der Waals surface area contributed by atoms with Gasteiger partial charge in [-0.3, -0.25) is 9.59 Å². The zero-order valence-electron chi connectivity index (χ0n) is 12.0. The number of hydrogen-bond donors (Lipinski definition) is 3. The van der Waals surface area contributed by atoms with E-state index in [9.17, 15) is 9.59 Å². The van der Waals surface area contributed by atoms with E-state index in [2.05, 4.69) is 16.0 Å². The summed E-state index contributed by atoms with van der Waals surface area (Å²) >= 11 is 0. The van der Waals surface area contributed by atoms with Gasteiger partial charge >= 0.3 is 0 Å². The van der Waals surface area contributed by atoms with E-state index in [0.29, 0.717) is 0 Å². The second-order valence-corrected chi connectivity index (χ2v) is 5.83. The first-order valence-corrected chi connectivity index (χ1v) is 7.67. The Bertz CT molecular complexity index is 517. The van der Waals surface area contributed by atoms with Crippen LogP contribution in [0, 0.1) is 5.92 Å². The zero-order valence-corrected chi connectivity index (χ0v) is 12.0. The third kappa shape index (κ3) is 3.82. The number of hydrogen-bond acceptors (Lipinski definition) is 3. The summed E-state index contributed by atoms with van der Waals surface area (Å²) in [6, 6.07) is 7.20. The fourth-order valence-corrected chi connectivity index (χ4v) is 2.53. The van der Waals surface area contributed by atoms with Crippen molar-refractivity contribution in [1.29, 1.82) is 0 Å². The summed E-state index contributed by atoms with van der Waals surface area (Å²) in [6.07, 6.45) is 5.11. The average molecular weight is 287 g/mol. The lowest BCUT2D eigenvalue weighted by Crippen LogP contribution is -2.43. The Hall–Kier alpha value is -1.88. The molecule has 1 saturated carbocycles. The molecule has 0 aromatic heterocycles. The Morgan fingerprint density at radius 2 is 1.52 bits per heavy atom. The van der Waals surface area contributed by atoms with Gasteiger partial charge in [0, 0.05) is 17.3 Å². The third-order valence-electron chi connectivity index (χ3n) is 3.99. The van der Waals surface area contributed by atoms with Gasteiger partial charge in [-0.05, 0) is 56.5 Å². The average Bonchev–Trinajstić information content (AvgIpc) is 3.35. The van der Waals surface area contributed by atoms with E-state index >= 15 is 0 Å². The Morgan fingerprint density at radius 1 is 0.905 bits per heavy atom. The molecule has 2 aliphatic rings. The van der Waals surface area contributed by atoms with E-state index in [4.69, 9.17) is 0 Å². The Balaban J connectivity index is 1.53. The van der Waals surface area contributed by atoms with Gasteiger partial charge in [0.2, 0.25) is 11.8 Å². The van der Waals surface area contributed by atoms with Crippen LogP contribution >= 0.6 is 0 Å². The van der Waals surface area contributed by atoms with Crippen LogP contribution in [0.3, 0.4) is 0 Å². The summed E-state index contributed by atoms with van der Waals surface area (Å²) in [5, 5.41) is 9.02. The van der Waals surface area contributed by atoms with E-state index < -0.39 is 0 Å². The molecule has 2 fully saturated rings. The van der Waals surface area contributed by atoms with Crippen LogP contribution in [0.25, 0.3) is 0 Å². The molecule has 1 saturated heterocycles. The van der Waals surface area contributed by atoms with Crippen molar-refractivity contribution in [2.75, 3.05) is 17.2 Å². The maximum atomic E-state index is 12.1. The van der Waals surface area contributed by atoms with Crippen LogP contribution < -0.4 is 16.0 Å². The molecule has 0 radical (unpaired) electrons. The topological polar surface area (TPSA) is 70.2 Å². The summed E-state index contributed by atoms with van der Waals surface area (Å²) < 4.78 is 0. The Morgan fingerprint density at radius 3 is 2.05 bits per heavy atom. The van der Waals surface area contributed by atoms with Crippen molar-refractivity contribution < 1.29 is 9.59 Å². The molecule has 3 rings (SSSR count). The third-order valence-corrected chi connectivity index (χ3v) is 3.99. The van der Waals surface area contributed by atoms with E-state index in [-0.39, 0.29) is 23.8 Å². The molecule has 2 amide bonds. The molecule has 112 valence electrons. The number of benzene rings is 1. The molecule has 0 bridgehead atoms. The maximum absolute atomic E-state index is 12.1. The van der Waals surface area contributed by atoms with Crippen LogP contribution in [0.2, 0.25) is 0 Å². The summed E-state index contributed by atoms with van der Waals surface area (Å²) in [4.78, 5) is 23.7. The van der Waals surface area contributed by atoms with Crippen molar-refractivity contribution in [3.05, 3.63) is 24.3 Å². The number of carbonyl (C=O) groups is 2. The predicted molar refractivity (Wildman–Crippen MR) is 82.1 cm³/mol. The Labute approximate surface area is 124 Å². The van der Waals surface area contributed by atoms with E-state index in [0.717, 1.165) is 50.0 Å². The van der Waals surface area contributed by atoms with Gasteiger partial charge in [-0.15, -0.1) is 0 Å². The molecule has 1 aliphatic heterocycles. The highest BCUT2D eigenvalue weighted by Crippen LogP contribution is 2.30. The molecule has 5 nitrogen and oxygen atoms in total. The lowest BCUT2D eigenvalue weighted by Gasteiger charge is -2.22. The van der Waals surface area contributed by atoms with Crippen molar-refractivity contribution in [1.82, 2.24) is 5.32 Å². The highest BCUT2D eigenvalue weighted by Gasteiger charge is 2.29. The fourth-order valence-electron chi connectivity index (χ4n) is 2.53. The molecule has 1 aromatic rings. The van der Waals surface area contributed by atoms with Crippen LogP contribution in [0.15, 0.2) is 24.3 Å². The Kier molecular flexibility index (Phi) is 4.20. The van der Waals surface area contributed by atoms with Crippen molar-refractivity contribution >= 4 is 23.2 Å². The highest BCUT2D eigenvalue weighted by molar-refractivity contribution is 5.96. The zero-order chi connectivity index (χ0) is 14.7. The first-order valence-electron chi connectivity index (χ1n) is 7.67. The number of amides is 2. The first-order chi connectivity index (χ1) is 10.2. The highest BCUT2D eigenvalue weighted by atomic mass is 16.2. The predicted octanol–water partition coefficient (Wildman–Crippen LogP) is 2.12. The van der Waals surface area contributed by atoms with Gasteiger partial charge in [-0.25, -0.2) is 0 Å². The van der Waals surface area contributed by atoms with Gasteiger partial charge in [0.25, 0.3) is 0 Å². The number of anilines is 2. The normalized spacial score (nSPS) is 21.6. The van der Waals surface area contributed by atoms with Crippen LogP contribution in [-0.2, 0) is 9.59 Å². The molecule has 0 spiro atoms. The van der Waals surface area contributed by atoms with E-state index in [1.54, 1.807) is 0 Å². The standard InChI is InChI=1S/C16H21N3O2/c20-15(11-4-5-11)18-12-6-8-13(9-7-12)19-16(21)14-3-1-2-10-17-14/h6-9,11,14,17H,1-5,10H2,(H,18,20)(H,19,21). The molecule has 21 heavy (non-hydrogen) atoms. The second kappa shape index (κ2) is 6.26. The minimum Gasteiger partial charge on any atom is -0.326 e. The van der Waals surface area contributed by atoms with Crippen LogP contribution in [0.1, 0.15) is 32.1 Å². The molecular formula is C16H21N3O2. The molecule has 1 aromatic carbocycles. The van der Waals surface area contributed by atoms with Gasteiger partial charge < -0.3 is 16.0 Å². The van der Waals surface area contributed by atoms with Gasteiger partial charge in [0.1, 0.15) is 0 Å². The lowest BCUT2D eigenvalue weighted by atomic mass is 10.0. The summed E-state index contributed by atoms with van der Waals surface area (Å²) in [7, 11) is 0. The van der Waals surface area contributed by atoms with Crippen LogP contribution in [0.5, 0.6) is 0 Å². The molecule has 1 heterocycles. The molecule has 1 aliphatic carbocycles. The summed E-state index contributed by atoms with van der Waals surface area (Å²) in [5.41, 5.74) is 1.54. The molecule has 1 unspecified atom stereocenters. The number of carbonyl (C=O) groups excluding carboxylic acids is 2. The largest absolute Gasteiger partial charge is 0.326 e. The number of piperidine rings is 1. The monoisotopic (exact) mass is 287 g/mol. The van der Waals surface area contributed by atoms with E-state index in [1.165, 1.54) is 0 Å². The smallest absolute Gasteiger partial charge is 0.241 e. The summed E-state index contributed by atoms with van der Waals surface area (Å²) in [6.45, 7) is 0.907. The lowest BCUT2D eigenvalue weighted by molar-refractivity contribution is -0.119. The number of nitrogens with one attached hydrogen (secondary N) is 3. The molecule has 5 heteroatoms. The summed E-state index contributed by atoms with van der Waals surface area (Å²) in [5.74, 6) is 0.310. The molecule has 1 atom stereocenters. The first kappa shape index (κ1) is 14.1. The van der Waals surface area contributed by atoms with Crippen molar-refractivity contribution in [3.8, 4) is 0 Å². The van der Waals surface area contributed by atoms with Gasteiger partial charge in [0.05, 0.1) is 6.04 Å². The van der Waals surface area contributed by atoms with Crippen molar-refractivity contribution in [3.63, 3.8) is 0 Å². The minimum atomic E-state index is -0.0898. The molecular weight excluding hydrogens is 266 g/mol. The van der Waals surface area contributed by atoms with Crippen molar-refractivity contribution in [2.24, 2.45) is 5.92 Å². The van der Waals surface area contributed by atoms with Crippen LogP contribution in [0.4, 0.5) is 11.4 Å². The van der Waals surface area contributed by atoms with Crippen LogP contribution in [-0.4, -0.2) is 24.4 Å². The quantitative estimate of drug-likeness (QED) is 0.794. The van der Waals surface area contributed by atoms with E-state index in [1.807, 2.05) is 24.3 Å². The van der Waals surface area contributed by atoms with Crippen molar-refractivity contribution in [2.45, 2.75) is 38.1 Å². The number of rotatable bonds is 4.